The molecule has 0 aliphatic carbocycles. The lowest BCUT2D eigenvalue weighted by Crippen LogP contribution is -2.20. The Morgan fingerprint density at radius 1 is 0.565 bits per heavy atom. The molecule has 0 saturated carbocycles. The summed E-state index contributed by atoms with van der Waals surface area (Å²) in [6, 6.07) is 0. The molecule has 0 saturated heterocycles. The van der Waals surface area contributed by atoms with E-state index in [9.17, 15) is 4.79 Å². The normalized spacial score (nSPS) is 13.5. The van der Waals surface area contributed by atoms with Gasteiger partial charge in [-0.2, -0.15) is 0 Å². The van der Waals surface area contributed by atoms with Crippen molar-refractivity contribution in [1.29, 1.82) is 0 Å². The van der Waals surface area contributed by atoms with Gasteiger partial charge in [-0.05, 0) is 110 Å². The van der Waals surface area contributed by atoms with Gasteiger partial charge >= 0.3 is 5.97 Å². The summed E-state index contributed by atoms with van der Waals surface area (Å²) in [7, 11) is 4.13. The van der Waals surface area contributed by atoms with Crippen LogP contribution in [0.15, 0.2) is 36.5 Å². The molecule has 0 heterocycles. The van der Waals surface area contributed by atoms with E-state index in [-0.39, 0.29) is 12.1 Å². The van der Waals surface area contributed by atoms with Crippen molar-refractivity contribution in [2.45, 2.75) is 207 Å². The molecule has 0 N–H and O–H groups in total. The lowest BCUT2D eigenvalue weighted by molar-refractivity contribution is -0.150. The van der Waals surface area contributed by atoms with E-state index >= 15 is 0 Å². The number of esters is 1. The van der Waals surface area contributed by atoms with E-state index in [2.05, 4.69) is 76.2 Å². The van der Waals surface area contributed by atoms with E-state index in [1.807, 2.05) is 0 Å². The van der Waals surface area contributed by atoms with Crippen LogP contribution in [0.25, 0.3) is 0 Å². The second-order valence-electron chi connectivity index (χ2n) is 14.4. The average molecular weight is 644 g/mol. The Kier molecular flexibility index (Phi) is 35.4. The molecule has 2 unspecified atom stereocenters. The highest BCUT2D eigenvalue weighted by Gasteiger charge is 2.14. The number of nitrogens with zero attached hydrogens (tertiary/aromatic N) is 1. The Balaban J connectivity index is 4.05. The lowest BCUT2D eigenvalue weighted by Gasteiger charge is -2.18. The van der Waals surface area contributed by atoms with Crippen LogP contribution in [0.5, 0.6) is 0 Å². The first-order valence-electron chi connectivity index (χ1n) is 20.3. The molecule has 0 rings (SSSR count). The first kappa shape index (κ1) is 44.6. The highest BCUT2D eigenvalue weighted by atomic mass is 16.5. The third-order valence-corrected chi connectivity index (χ3v) is 9.16. The lowest BCUT2D eigenvalue weighted by atomic mass is 9.98. The third kappa shape index (κ3) is 35.5. The molecule has 0 bridgehead atoms. The minimum absolute atomic E-state index is 0.0109. The molecule has 0 radical (unpaired) electrons. The summed E-state index contributed by atoms with van der Waals surface area (Å²) in [6.07, 6.45) is 48.8. The second kappa shape index (κ2) is 36.5. The first-order valence-corrected chi connectivity index (χ1v) is 20.3. The first-order chi connectivity index (χ1) is 22.5. The van der Waals surface area contributed by atoms with E-state index in [4.69, 9.17) is 4.74 Å². The summed E-state index contributed by atoms with van der Waals surface area (Å²) in [5.74, 6) is 0.826. The quantitative estimate of drug-likeness (QED) is 0.0391. The van der Waals surface area contributed by atoms with Crippen molar-refractivity contribution in [3.8, 4) is 0 Å². The van der Waals surface area contributed by atoms with Crippen molar-refractivity contribution in [2.75, 3.05) is 20.6 Å². The van der Waals surface area contributed by atoms with E-state index in [1.165, 1.54) is 148 Å². The van der Waals surface area contributed by atoms with Gasteiger partial charge in [-0.15, -0.1) is 0 Å². The molecule has 0 fully saturated rings. The van der Waals surface area contributed by atoms with Gasteiger partial charge in [-0.25, -0.2) is 0 Å². The number of carbonyl (C=O) groups excluding carboxylic acids is 1. The maximum Gasteiger partial charge on any atom is 0.306 e. The van der Waals surface area contributed by atoms with Crippen molar-refractivity contribution in [3.05, 3.63) is 36.5 Å². The van der Waals surface area contributed by atoms with Crippen LogP contribution in [0.1, 0.15) is 201 Å². The van der Waals surface area contributed by atoms with Gasteiger partial charge < -0.3 is 9.64 Å². The van der Waals surface area contributed by atoms with Crippen LogP contribution in [-0.4, -0.2) is 37.6 Å². The molecule has 0 amide bonds. The molecule has 0 aliphatic heterocycles. The summed E-state index contributed by atoms with van der Waals surface area (Å²) < 4.78 is 6.01. The maximum atomic E-state index is 12.5. The Bertz CT molecular complexity index is 710. The zero-order valence-corrected chi connectivity index (χ0v) is 31.9. The van der Waals surface area contributed by atoms with Crippen molar-refractivity contribution in [1.82, 2.24) is 4.90 Å². The van der Waals surface area contributed by atoms with Gasteiger partial charge in [-0.1, -0.05) is 147 Å². The van der Waals surface area contributed by atoms with Gasteiger partial charge in [0.15, 0.2) is 0 Å². The van der Waals surface area contributed by atoms with E-state index in [1.54, 1.807) is 0 Å². The van der Waals surface area contributed by atoms with Gasteiger partial charge in [0.1, 0.15) is 6.10 Å². The highest BCUT2D eigenvalue weighted by molar-refractivity contribution is 5.69. The Labute approximate surface area is 289 Å². The highest BCUT2D eigenvalue weighted by Crippen LogP contribution is 2.19. The molecule has 0 aromatic rings. The molecule has 0 spiro atoms. The molecule has 270 valence electrons. The summed E-state index contributed by atoms with van der Waals surface area (Å²) in [5.41, 5.74) is 0. The molecule has 3 nitrogen and oxygen atoms in total. The molecule has 2 atom stereocenters. The topological polar surface area (TPSA) is 29.5 Å². The fourth-order valence-corrected chi connectivity index (χ4v) is 6.06. The van der Waals surface area contributed by atoms with E-state index < -0.39 is 0 Å². The van der Waals surface area contributed by atoms with Crippen molar-refractivity contribution in [2.24, 2.45) is 5.92 Å². The zero-order valence-electron chi connectivity index (χ0n) is 31.9. The summed E-state index contributed by atoms with van der Waals surface area (Å²) in [4.78, 5) is 14.7. The summed E-state index contributed by atoms with van der Waals surface area (Å²) in [6.45, 7) is 7.89. The molecule has 3 heteroatoms. The maximum absolute atomic E-state index is 12.5. The number of hydrogen-bond acceptors (Lipinski definition) is 3. The fraction of sp³-hybridized carbons (Fsp3) is 0.837. The van der Waals surface area contributed by atoms with Gasteiger partial charge in [-0.3, -0.25) is 4.79 Å². The van der Waals surface area contributed by atoms with Gasteiger partial charge in [0.05, 0.1) is 0 Å². The Hall–Kier alpha value is -1.35. The van der Waals surface area contributed by atoms with Gasteiger partial charge in [0.25, 0.3) is 0 Å². The monoisotopic (exact) mass is 644 g/mol. The van der Waals surface area contributed by atoms with Crippen molar-refractivity contribution < 1.29 is 9.53 Å². The van der Waals surface area contributed by atoms with Crippen LogP contribution >= 0.6 is 0 Å². The van der Waals surface area contributed by atoms with Crippen molar-refractivity contribution in [3.63, 3.8) is 0 Å². The van der Waals surface area contributed by atoms with Crippen LogP contribution in [-0.2, 0) is 9.53 Å². The number of rotatable bonds is 35. The number of ether oxygens (including phenoxy) is 1. The number of allylic oxidation sites excluding steroid dienone is 6. The van der Waals surface area contributed by atoms with E-state index in [0.717, 1.165) is 38.1 Å². The Morgan fingerprint density at radius 2 is 1.02 bits per heavy atom. The number of carbonyl (C=O) groups is 1. The van der Waals surface area contributed by atoms with Gasteiger partial charge in [0, 0.05) is 6.42 Å². The zero-order chi connectivity index (χ0) is 33.8. The molecule has 0 aromatic heterocycles. The van der Waals surface area contributed by atoms with Crippen LogP contribution < -0.4 is 0 Å². The van der Waals surface area contributed by atoms with Gasteiger partial charge in [0.2, 0.25) is 0 Å². The minimum atomic E-state index is 0.0109. The minimum Gasteiger partial charge on any atom is -0.462 e. The largest absolute Gasteiger partial charge is 0.462 e. The van der Waals surface area contributed by atoms with Crippen LogP contribution in [0, 0.1) is 5.92 Å². The summed E-state index contributed by atoms with van der Waals surface area (Å²) in [5, 5.41) is 0. The molecular weight excluding hydrogens is 562 g/mol. The third-order valence-electron chi connectivity index (χ3n) is 9.16. The molecule has 0 aliphatic rings. The van der Waals surface area contributed by atoms with Crippen molar-refractivity contribution >= 4 is 5.97 Å². The summed E-state index contributed by atoms with van der Waals surface area (Å²) >= 11 is 0. The molecule has 0 aromatic carbocycles. The number of hydrogen-bond donors (Lipinski definition) is 0. The standard InChI is InChI=1S/C43H81NO2/c1-6-8-10-12-14-15-16-17-18-19-20-21-22-23-28-32-37-42(46-43(45)39-34-40-44(4)5)38-33-29-25-24-27-31-36-41(3)35-30-26-13-11-9-7-2/h14-15,17-18,26,30,41-42H,6-13,16,19-25,27-29,31-40H2,1-5H3/b15-14-,18-17-,30-26-. The molecular formula is C43H81NO2. The predicted octanol–water partition coefficient (Wildman–Crippen LogP) is 13.7. The second-order valence-corrected chi connectivity index (χ2v) is 14.4. The predicted molar refractivity (Wildman–Crippen MR) is 206 cm³/mol. The average Bonchev–Trinajstić information content (AvgIpc) is 3.03. The Morgan fingerprint density at radius 3 is 1.54 bits per heavy atom. The van der Waals surface area contributed by atoms with Crippen LogP contribution in [0.3, 0.4) is 0 Å². The van der Waals surface area contributed by atoms with Crippen LogP contribution in [0.4, 0.5) is 0 Å². The van der Waals surface area contributed by atoms with Crippen LogP contribution in [0.2, 0.25) is 0 Å². The smallest absolute Gasteiger partial charge is 0.306 e. The SMILES string of the molecule is CCCCC/C=C\C/C=C\CCCCCCCCC(CCCCCCCCC(C)C/C=C\CCCCC)OC(=O)CCCN(C)C. The molecule has 46 heavy (non-hydrogen) atoms. The van der Waals surface area contributed by atoms with E-state index in [0.29, 0.717) is 6.42 Å². The number of unbranched alkanes of at least 4 members (excludes halogenated alkanes) is 17. The fourth-order valence-electron chi connectivity index (χ4n) is 6.06.